The minimum Gasteiger partial charge on any atom is -0.353 e. The van der Waals surface area contributed by atoms with Crippen molar-refractivity contribution in [3.05, 3.63) is 25.9 Å². The Kier molecular flexibility index (Phi) is 6.32. The molecule has 0 radical (unpaired) electrons. The first-order valence-corrected chi connectivity index (χ1v) is 10.1. The maximum atomic E-state index is 13.4. The van der Waals surface area contributed by atoms with Crippen LogP contribution in [0.25, 0.3) is 0 Å². The van der Waals surface area contributed by atoms with E-state index in [0.29, 0.717) is 19.6 Å². The minimum absolute atomic E-state index is 0.0826. The molecule has 2 rings (SSSR count). The predicted molar refractivity (Wildman–Crippen MR) is 110 cm³/mol. The first kappa shape index (κ1) is 22.4. The van der Waals surface area contributed by atoms with Crippen molar-refractivity contribution in [2.24, 2.45) is 0 Å². The van der Waals surface area contributed by atoms with Crippen molar-refractivity contribution < 1.29 is 14.5 Å². The fraction of sp³-hybridized carbons (Fsp3) is 0.684. The largest absolute Gasteiger partial charge is 0.353 e. The zero-order valence-electron chi connectivity index (χ0n) is 17.7. The van der Waals surface area contributed by atoms with Crippen molar-refractivity contribution in [3.8, 4) is 0 Å². The molecule has 8 nitrogen and oxygen atoms in total. The number of nitro groups is 1. The lowest BCUT2D eigenvalue weighted by atomic mass is 9.94. The van der Waals surface area contributed by atoms with Crippen LogP contribution >= 0.6 is 11.3 Å². The third-order valence-electron chi connectivity index (χ3n) is 5.20. The first-order valence-electron chi connectivity index (χ1n) is 9.29. The van der Waals surface area contributed by atoms with Gasteiger partial charge in [0.05, 0.1) is 16.5 Å². The normalized spacial score (nSPS) is 18.8. The Morgan fingerprint density at radius 3 is 2.54 bits per heavy atom. The van der Waals surface area contributed by atoms with Gasteiger partial charge < -0.3 is 5.32 Å². The SMILES string of the molecule is CN(C)C(CN1CCNC(=O)C1(C)C)C(=O)c1sc(C(C)(C)C)cc1[N+](=O)[O-]. The molecule has 0 saturated carbocycles. The highest BCUT2D eigenvalue weighted by Crippen LogP contribution is 2.37. The van der Waals surface area contributed by atoms with Gasteiger partial charge in [-0.25, -0.2) is 0 Å². The van der Waals surface area contributed by atoms with E-state index in [0.717, 1.165) is 4.88 Å². The number of amides is 1. The van der Waals surface area contributed by atoms with Gasteiger partial charge in [-0.05, 0) is 33.4 Å². The highest BCUT2D eigenvalue weighted by Gasteiger charge is 2.41. The molecule has 1 saturated heterocycles. The summed E-state index contributed by atoms with van der Waals surface area (Å²) in [5, 5.41) is 14.4. The van der Waals surface area contributed by atoms with Gasteiger partial charge in [0.15, 0.2) is 5.78 Å². The summed E-state index contributed by atoms with van der Waals surface area (Å²) in [6.07, 6.45) is 0. The molecular formula is C19H30N4O4S. The van der Waals surface area contributed by atoms with Gasteiger partial charge >= 0.3 is 0 Å². The zero-order chi connectivity index (χ0) is 21.4. The van der Waals surface area contributed by atoms with Crippen LogP contribution in [-0.4, -0.2) is 71.7 Å². The van der Waals surface area contributed by atoms with E-state index < -0.39 is 16.5 Å². The van der Waals surface area contributed by atoms with Crippen molar-refractivity contribution in [3.63, 3.8) is 0 Å². The number of hydrogen-bond donors (Lipinski definition) is 1. The molecule has 1 aliphatic heterocycles. The summed E-state index contributed by atoms with van der Waals surface area (Å²) >= 11 is 1.20. The maximum Gasteiger partial charge on any atom is 0.291 e. The molecule has 0 spiro atoms. The van der Waals surface area contributed by atoms with Gasteiger partial charge in [-0.2, -0.15) is 0 Å². The summed E-state index contributed by atoms with van der Waals surface area (Å²) in [7, 11) is 3.56. The zero-order valence-corrected chi connectivity index (χ0v) is 18.5. The van der Waals surface area contributed by atoms with Gasteiger partial charge in [-0.1, -0.05) is 20.8 Å². The fourth-order valence-electron chi connectivity index (χ4n) is 3.17. The van der Waals surface area contributed by atoms with Crippen molar-refractivity contribution in [1.82, 2.24) is 15.1 Å². The Hall–Kier alpha value is -1.84. The maximum absolute atomic E-state index is 13.4. The monoisotopic (exact) mass is 410 g/mol. The van der Waals surface area contributed by atoms with Gasteiger partial charge in [0.2, 0.25) is 5.91 Å². The fourth-order valence-corrected chi connectivity index (χ4v) is 4.34. The first-order chi connectivity index (χ1) is 12.8. The number of thiophene rings is 1. The Bertz CT molecular complexity index is 779. The van der Waals surface area contributed by atoms with Crippen LogP contribution in [0, 0.1) is 10.1 Å². The summed E-state index contributed by atoms with van der Waals surface area (Å²) < 4.78 is 0. The van der Waals surface area contributed by atoms with Crippen LogP contribution in [0.2, 0.25) is 0 Å². The van der Waals surface area contributed by atoms with Crippen molar-refractivity contribution in [2.75, 3.05) is 33.7 Å². The van der Waals surface area contributed by atoms with E-state index in [-0.39, 0.29) is 27.7 Å². The van der Waals surface area contributed by atoms with Crippen LogP contribution in [0.5, 0.6) is 0 Å². The molecule has 1 unspecified atom stereocenters. The van der Waals surface area contributed by atoms with E-state index in [2.05, 4.69) is 5.32 Å². The average Bonchev–Trinajstić information content (AvgIpc) is 3.01. The molecule has 2 heterocycles. The molecule has 0 aliphatic carbocycles. The molecule has 1 aromatic heterocycles. The van der Waals surface area contributed by atoms with E-state index >= 15 is 0 Å². The van der Waals surface area contributed by atoms with Crippen molar-refractivity contribution in [2.45, 2.75) is 51.6 Å². The van der Waals surface area contributed by atoms with Crippen LogP contribution in [0.1, 0.15) is 49.2 Å². The summed E-state index contributed by atoms with van der Waals surface area (Å²) in [5.74, 6) is -0.361. The molecule has 1 amide bonds. The molecule has 1 N–H and O–H groups in total. The topological polar surface area (TPSA) is 95.8 Å². The Morgan fingerprint density at radius 1 is 1.43 bits per heavy atom. The number of carbonyl (C=O) groups excluding carboxylic acids is 2. The molecule has 28 heavy (non-hydrogen) atoms. The lowest BCUT2D eigenvalue weighted by Gasteiger charge is -2.43. The Labute approximate surface area is 170 Å². The number of nitrogens with one attached hydrogen (secondary N) is 1. The van der Waals surface area contributed by atoms with Crippen LogP contribution in [0.15, 0.2) is 6.07 Å². The summed E-state index contributed by atoms with van der Waals surface area (Å²) in [6, 6.07) is 0.929. The van der Waals surface area contributed by atoms with E-state index in [1.54, 1.807) is 19.0 Å². The standard InChI is InChI=1S/C19H30N4O4S/c1-18(2,3)14-10-12(23(26)27)16(28-14)15(24)13(21(6)7)11-22-9-8-20-17(25)19(22,4)5/h10,13H,8-9,11H2,1-7H3,(H,20,25). The number of rotatable bonds is 6. The number of nitrogens with zero attached hydrogens (tertiary/aromatic N) is 3. The number of Topliss-reactive ketones (excluding diaryl/α,β-unsaturated/α-hetero) is 1. The van der Waals surface area contributed by atoms with Gasteiger partial charge in [-0.3, -0.25) is 29.5 Å². The van der Waals surface area contributed by atoms with Gasteiger partial charge in [0.25, 0.3) is 5.69 Å². The number of hydrogen-bond acceptors (Lipinski definition) is 7. The lowest BCUT2D eigenvalue weighted by Crippen LogP contribution is -2.64. The molecule has 0 aromatic carbocycles. The highest BCUT2D eigenvalue weighted by atomic mass is 32.1. The molecule has 0 bridgehead atoms. The second-order valence-electron chi connectivity index (χ2n) is 8.94. The molecule has 1 fully saturated rings. The lowest BCUT2D eigenvalue weighted by molar-refractivity contribution is -0.384. The average molecular weight is 411 g/mol. The molecule has 1 aliphatic rings. The molecule has 9 heteroatoms. The van der Waals surface area contributed by atoms with E-state index in [1.807, 2.05) is 39.5 Å². The van der Waals surface area contributed by atoms with E-state index in [4.69, 9.17) is 0 Å². The summed E-state index contributed by atoms with van der Waals surface area (Å²) in [6.45, 7) is 11.0. The van der Waals surface area contributed by atoms with Crippen LogP contribution in [0.3, 0.4) is 0 Å². The molecule has 1 aromatic rings. The number of ketones is 1. The summed E-state index contributed by atoms with van der Waals surface area (Å²) in [5.41, 5.74) is -1.17. The molecular weight excluding hydrogens is 380 g/mol. The van der Waals surface area contributed by atoms with Crippen LogP contribution < -0.4 is 5.32 Å². The Balaban J connectivity index is 2.39. The minimum atomic E-state index is -0.745. The van der Waals surface area contributed by atoms with E-state index in [1.165, 1.54) is 17.4 Å². The third kappa shape index (κ3) is 4.42. The van der Waals surface area contributed by atoms with Crippen LogP contribution in [0.4, 0.5) is 5.69 Å². The number of likely N-dealkylation sites (N-methyl/N-ethyl adjacent to an activating group) is 1. The second-order valence-corrected chi connectivity index (χ2v) is 9.99. The predicted octanol–water partition coefficient (Wildman–Crippen LogP) is 2.28. The third-order valence-corrected chi connectivity index (χ3v) is 6.77. The second kappa shape index (κ2) is 7.88. The van der Waals surface area contributed by atoms with Gasteiger partial charge in [0.1, 0.15) is 4.88 Å². The summed E-state index contributed by atoms with van der Waals surface area (Å²) in [4.78, 5) is 41.4. The van der Waals surface area contributed by atoms with Gasteiger partial charge in [0, 0.05) is 30.6 Å². The quantitative estimate of drug-likeness (QED) is 0.439. The number of piperazine rings is 1. The van der Waals surface area contributed by atoms with Gasteiger partial charge in [-0.15, -0.1) is 11.3 Å². The van der Waals surface area contributed by atoms with Crippen molar-refractivity contribution >= 4 is 28.7 Å². The molecule has 156 valence electrons. The smallest absolute Gasteiger partial charge is 0.291 e. The van der Waals surface area contributed by atoms with Crippen molar-refractivity contribution in [1.29, 1.82) is 0 Å². The molecule has 1 atom stereocenters. The van der Waals surface area contributed by atoms with Crippen LogP contribution in [-0.2, 0) is 10.2 Å². The number of carbonyl (C=O) groups is 2. The van der Waals surface area contributed by atoms with E-state index in [9.17, 15) is 19.7 Å². The highest BCUT2D eigenvalue weighted by molar-refractivity contribution is 7.14. The Morgan fingerprint density at radius 2 is 2.04 bits per heavy atom.